The largest absolute Gasteiger partial charge is 0.497 e. The van der Waals surface area contributed by atoms with E-state index in [1.807, 2.05) is 43.6 Å². The average molecular weight is 203 g/mol. The highest BCUT2D eigenvalue weighted by Crippen LogP contribution is 2.16. The van der Waals surface area contributed by atoms with Gasteiger partial charge < -0.3 is 10.1 Å². The molecule has 1 aromatic carbocycles. The molecule has 2 rings (SSSR count). The lowest BCUT2D eigenvalue weighted by Gasteiger charge is -2.03. The van der Waals surface area contributed by atoms with Gasteiger partial charge in [-0.25, -0.2) is 4.68 Å². The summed E-state index contributed by atoms with van der Waals surface area (Å²) in [5.74, 6) is 1.67. The maximum Gasteiger partial charge on any atom is 0.148 e. The molecule has 0 radical (unpaired) electrons. The Balaban J connectivity index is 2.35. The van der Waals surface area contributed by atoms with Gasteiger partial charge in [0, 0.05) is 25.4 Å². The third-order valence-electron chi connectivity index (χ3n) is 2.16. The van der Waals surface area contributed by atoms with Gasteiger partial charge in [-0.3, -0.25) is 0 Å². The van der Waals surface area contributed by atoms with E-state index < -0.39 is 0 Å². The van der Waals surface area contributed by atoms with Crippen LogP contribution in [0.15, 0.2) is 36.5 Å². The Morgan fingerprint density at radius 2 is 2.20 bits per heavy atom. The number of aromatic nitrogens is 2. The van der Waals surface area contributed by atoms with E-state index in [0.717, 1.165) is 17.3 Å². The fourth-order valence-electron chi connectivity index (χ4n) is 1.35. The predicted octanol–water partition coefficient (Wildman–Crippen LogP) is 1.92. The van der Waals surface area contributed by atoms with Crippen molar-refractivity contribution in [3.63, 3.8) is 0 Å². The van der Waals surface area contributed by atoms with Crippen molar-refractivity contribution in [2.45, 2.75) is 0 Å². The van der Waals surface area contributed by atoms with Gasteiger partial charge in [-0.1, -0.05) is 6.07 Å². The van der Waals surface area contributed by atoms with E-state index in [2.05, 4.69) is 10.4 Å². The lowest BCUT2D eigenvalue weighted by atomic mass is 10.3. The first kappa shape index (κ1) is 9.58. The molecule has 1 heterocycles. The van der Waals surface area contributed by atoms with Gasteiger partial charge >= 0.3 is 0 Å². The predicted molar refractivity (Wildman–Crippen MR) is 59.7 cm³/mol. The van der Waals surface area contributed by atoms with Crippen molar-refractivity contribution in [2.75, 3.05) is 19.5 Å². The number of rotatable bonds is 3. The molecule has 1 N–H and O–H groups in total. The minimum atomic E-state index is 0.828. The highest BCUT2D eigenvalue weighted by molar-refractivity contribution is 5.41. The molecule has 0 unspecified atom stereocenters. The summed E-state index contributed by atoms with van der Waals surface area (Å²) in [4.78, 5) is 0. The van der Waals surface area contributed by atoms with Gasteiger partial charge in [-0.05, 0) is 12.1 Å². The smallest absolute Gasteiger partial charge is 0.148 e. The Labute approximate surface area is 88.5 Å². The maximum absolute atomic E-state index is 5.15. The number of ether oxygens (including phenoxy) is 1. The molecule has 15 heavy (non-hydrogen) atoms. The van der Waals surface area contributed by atoms with Crippen LogP contribution in [-0.2, 0) is 0 Å². The molecule has 0 amide bonds. The molecule has 0 aliphatic rings. The molecular formula is C11H13N3O. The average Bonchev–Trinajstić information content (AvgIpc) is 2.78. The minimum Gasteiger partial charge on any atom is -0.497 e. The van der Waals surface area contributed by atoms with Crippen molar-refractivity contribution < 1.29 is 4.74 Å². The zero-order valence-electron chi connectivity index (χ0n) is 8.77. The van der Waals surface area contributed by atoms with Crippen molar-refractivity contribution in [1.82, 2.24) is 9.78 Å². The Morgan fingerprint density at radius 3 is 2.87 bits per heavy atom. The zero-order chi connectivity index (χ0) is 10.7. The maximum atomic E-state index is 5.15. The standard InChI is InChI=1S/C11H13N3O/c1-12-11-6-7-14(13-11)9-4-3-5-10(8-9)15-2/h3-8H,1-2H3,(H,12,13). The van der Waals surface area contributed by atoms with Crippen molar-refractivity contribution in [1.29, 1.82) is 0 Å². The van der Waals surface area contributed by atoms with Crippen molar-refractivity contribution in [2.24, 2.45) is 0 Å². The van der Waals surface area contributed by atoms with Crippen LogP contribution in [0.5, 0.6) is 5.75 Å². The van der Waals surface area contributed by atoms with Crippen LogP contribution in [0.4, 0.5) is 5.82 Å². The van der Waals surface area contributed by atoms with Crippen LogP contribution in [-0.4, -0.2) is 23.9 Å². The Bertz CT molecular complexity index is 451. The quantitative estimate of drug-likeness (QED) is 0.828. The fraction of sp³-hybridized carbons (Fsp3) is 0.182. The summed E-state index contributed by atoms with van der Waals surface area (Å²) in [5, 5.41) is 7.31. The minimum absolute atomic E-state index is 0.828. The second-order valence-electron chi connectivity index (χ2n) is 3.10. The second kappa shape index (κ2) is 4.04. The van der Waals surface area contributed by atoms with Crippen molar-refractivity contribution in [3.8, 4) is 11.4 Å². The molecule has 2 aromatic rings. The first-order valence-corrected chi connectivity index (χ1v) is 4.71. The number of methoxy groups -OCH3 is 1. The molecule has 78 valence electrons. The number of nitrogens with zero attached hydrogens (tertiary/aromatic N) is 2. The van der Waals surface area contributed by atoms with Crippen LogP contribution < -0.4 is 10.1 Å². The highest BCUT2D eigenvalue weighted by Gasteiger charge is 2.00. The summed E-state index contributed by atoms with van der Waals surface area (Å²) in [6.07, 6.45) is 1.90. The van der Waals surface area contributed by atoms with Crippen LogP contribution in [0, 0.1) is 0 Å². The summed E-state index contributed by atoms with van der Waals surface area (Å²) in [6.45, 7) is 0. The molecule has 4 heteroatoms. The number of benzene rings is 1. The van der Waals surface area contributed by atoms with E-state index in [4.69, 9.17) is 4.74 Å². The molecule has 1 aromatic heterocycles. The van der Waals surface area contributed by atoms with E-state index in [-0.39, 0.29) is 0 Å². The zero-order valence-corrected chi connectivity index (χ0v) is 8.77. The number of hydrogen-bond donors (Lipinski definition) is 1. The molecule has 0 saturated heterocycles. The van der Waals surface area contributed by atoms with Gasteiger partial charge in [0.1, 0.15) is 11.6 Å². The SMILES string of the molecule is CNc1ccn(-c2cccc(OC)c2)n1. The van der Waals surface area contributed by atoms with Gasteiger partial charge in [0.15, 0.2) is 0 Å². The lowest BCUT2D eigenvalue weighted by Crippen LogP contribution is -1.97. The van der Waals surface area contributed by atoms with Crippen molar-refractivity contribution in [3.05, 3.63) is 36.5 Å². The van der Waals surface area contributed by atoms with Gasteiger partial charge in [-0.2, -0.15) is 5.10 Å². The van der Waals surface area contributed by atoms with Crippen LogP contribution in [0.3, 0.4) is 0 Å². The van der Waals surface area contributed by atoms with Crippen LogP contribution in [0.25, 0.3) is 5.69 Å². The first-order valence-electron chi connectivity index (χ1n) is 4.71. The summed E-state index contributed by atoms with van der Waals surface area (Å²) >= 11 is 0. The normalized spacial score (nSPS) is 10.0. The molecule has 0 aliphatic heterocycles. The number of hydrogen-bond acceptors (Lipinski definition) is 3. The third kappa shape index (κ3) is 1.93. The first-order chi connectivity index (χ1) is 7.33. The Morgan fingerprint density at radius 1 is 1.33 bits per heavy atom. The fourth-order valence-corrected chi connectivity index (χ4v) is 1.35. The molecule has 0 saturated carbocycles. The summed E-state index contributed by atoms with van der Waals surface area (Å²) in [7, 11) is 3.50. The molecule has 0 fully saturated rings. The van der Waals surface area contributed by atoms with Gasteiger partial charge in [0.05, 0.1) is 12.8 Å². The van der Waals surface area contributed by atoms with Crippen LogP contribution in [0.2, 0.25) is 0 Å². The number of nitrogens with one attached hydrogen (secondary N) is 1. The molecule has 0 spiro atoms. The summed E-state index contributed by atoms with van der Waals surface area (Å²) in [5.41, 5.74) is 0.982. The van der Waals surface area contributed by atoms with E-state index in [1.165, 1.54) is 0 Å². The van der Waals surface area contributed by atoms with Gasteiger partial charge in [0.25, 0.3) is 0 Å². The molecular weight excluding hydrogens is 190 g/mol. The van der Waals surface area contributed by atoms with E-state index in [0.29, 0.717) is 0 Å². The van der Waals surface area contributed by atoms with E-state index in [1.54, 1.807) is 11.8 Å². The summed E-state index contributed by atoms with van der Waals surface area (Å²) in [6, 6.07) is 9.68. The second-order valence-corrected chi connectivity index (χ2v) is 3.10. The molecule has 0 atom stereocenters. The summed E-state index contributed by atoms with van der Waals surface area (Å²) < 4.78 is 6.95. The lowest BCUT2D eigenvalue weighted by molar-refractivity contribution is 0.414. The van der Waals surface area contributed by atoms with Crippen LogP contribution in [0.1, 0.15) is 0 Å². The highest BCUT2D eigenvalue weighted by atomic mass is 16.5. The third-order valence-corrected chi connectivity index (χ3v) is 2.16. The van der Waals surface area contributed by atoms with Gasteiger partial charge in [-0.15, -0.1) is 0 Å². The van der Waals surface area contributed by atoms with E-state index >= 15 is 0 Å². The van der Waals surface area contributed by atoms with E-state index in [9.17, 15) is 0 Å². The number of anilines is 1. The topological polar surface area (TPSA) is 39.1 Å². The molecule has 0 aliphatic carbocycles. The molecule has 4 nitrogen and oxygen atoms in total. The Hall–Kier alpha value is -1.97. The van der Waals surface area contributed by atoms with Gasteiger partial charge in [0.2, 0.25) is 0 Å². The molecule has 0 bridgehead atoms. The Kier molecular flexibility index (Phi) is 2.58. The van der Waals surface area contributed by atoms with Crippen molar-refractivity contribution >= 4 is 5.82 Å². The van der Waals surface area contributed by atoms with Crippen LogP contribution >= 0.6 is 0 Å². The monoisotopic (exact) mass is 203 g/mol.